The van der Waals surface area contributed by atoms with Crippen LogP contribution >= 0.6 is 0 Å². The summed E-state index contributed by atoms with van der Waals surface area (Å²) in [5.74, 6) is 0. The van der Waals surface area contributed by atoms with Crippen molar-refractivity contribution in [1.82, 2.24) is 4.90 Å². The van der Waals surface area contributed by atoms with Crippen LogP contribution in [-0.4, -0.2) is 42.5 Å². The van der Waals surface area contributed by atoms with Crippen LogP contribution < -0.4 is 0 Å². The highest BCUT2D eigenvalue weighted by Crippen LogP contribution is 2.12. The first kappa shape index (κ1) is 11.6. The van der Waals surface area contributed by atoms with Crippen LogP contribution in [0.25, 0.3) is 0 Å². The van der Waals surface area contributed by atoms with Crippen LogP contribution in [0.3, 0.4) is 0 Å². The van der Waals surface area contributed by atoms with E-state index in [1.54, 1.807) is 0 Å². The van der Waals surface area contributed by atoms with Gasteiger partial charge in [0.25, 0.3) is 0 Å². The zero-order valence-corrected chi connectivity index (χ0v) is 8.21. The van der Waals surface area contributed by atoms with Crippen molar-refractivity contribution in [3.8, 4) is 0 Å². The van der Waals surface area contributed by atoms with E-state index in [0.717, 1.165) is 12.8 Å². The molecule has 0 amide bonds. The van der Waals surface area contributed by atoms with Gasteiger partial charge in [-0.25, -0.2) is 0 Å². The molecule has 3 nitrogen and oxygen atoms in total. The van der Waals surface area contributed by atoms with Gasteiger partial charge < -0.3 is 14.8 Å². The standard InChI is InChI=1S/C9H19NO2/c1-4-10(5-6-11)7-9(2,3)8-12/h8,11H,4-7H2,1-3H3. The number of aliphatic hydroxyl groups excluding tert-OH is 1. The number of aliphatic hydroxyl groups is 1. The molecule has 0 aliphatic carbocycles. The third-order valence-corrected chi connectivity index (χ3v) is 1.81. The Bertz CT molecular complexity index is 134. The molecule has 0 saturated heterocycles. The molecular weight excluding hydrogens is 154 g/mol. The van der Waals surface area contributed by atoms with E-state index in [9.17, 15) is 4.79 Å². The summed E-state index contributed by atoms with van der Waals surface area (Å²) in [6.07, 6.45) is 0.965. The summed E-state index contributed by atoms with van der Waals surface area (Å²) in [6.45, 7) is 8.22. The molecule has 12 heavy (non-hydrogen) atoms. The Labute approximate surface area is 74.4 Å². The number of hydrogen-bond acceptors (Lipinski definition) is 3. The molecule has 0 atom stereocenters. The van der Waals surface area contributed by atoms with Crippen LogP contribution in [0.5, 0.6) is 0 Å². The molecule has 0 fully saturated rings. The minimum absolute atomic E-state index is 0.156. The van der Waals surface area contributed by atoms with Gasteiger partial charge in [0.05, 0.1) is 6.61 Å². The van der Waals surface area contributed by atoms with Crippen molar-refractivity contribution in [2.24, 2.45) is 5.41 Å². The Kier molecular flexibility index (Phi) is 5.09. The molecule has 72 valence electrons. The highest BCUT2D eigenvalue weighted by Gasteiger charge is 2.19. The lowest BCUT2D eigenvalue weighted by molar-refractivity contribution is -0.115. The zero-order valence-electron chi connectivity index (χ0n) is 8.21. The molecule has 0 aromatic heterocycles. The van der Waals surface area contributed by atoms with Gasteiger partial charge in [0.15, 0.2) is 0 Å². The largest absolute Gasteiger partial charge is 0.395 e. The van der Waals surface area contributed by atoms with E-state index >= 15 is 0 Å². The predicted molar refractivity (Wildman–Crippen MR) is 49.0 cm³/mol. The number of rotatable bonds is 6. The third kappa shape index (κ3) is 4.46. The Morgan fingerprint density at radius 2 is 2.08 bits per heavy atom. The summed E-state index contributed by atoms with van der Waals surface area (Å²) in [7, 11) is 0. The quantitative estimate of drug-likeness (QED) is 0.595. The first-order valence-electron chi connectivity index (χ1n) is 4.35. The van der Waals surface area contributed by atoms with Crippen molar-refractivity contribution in [2.75, 3.05) is 26.2 Å². The smallest absolute Gasteiger partial charge is 0.126 e. The van der Waals surface area contributed by atoms with Crippen molar-refractivity contribution in [3.63, 3.8) is 0 Å². The molecule has 0 aromatic rings. The van der Waals surface area contributed by atoms with E-state index in [1.807, 2.05) is 20.8 Å². The molecule has 3 heteroatoms. The van der Waals surface area contributed by atoms with Crippen molar-refractivity contribution in [3.05, 3.63) is 0 Å². The highest BCUT2D eigenvalue weighted by molar-refractivity contribution is 5.58. The first-order chi connectivity index (χ1) is 5.55. The maximum atomic E-state index is 10.6. The van der Waals surface area contributed by atoms with E-state index in [2.05, 4.69) is 4.90 Å². The van der Waals surface area contributed by atoms with Crippen LogP contribution in [0.2, 0.25) is 0 Å². The maximum absolute atomic E-state index is 10.6. The lowest BCUT2D eigenvalue weighted by Gasteiger charge is -2.26. The average Bonchev–Trinajstić information content (AvgIpc) is 2.03. The Balaban J connectivity index is 3.91. The summed E-state index contributed by atoms with van der Waals surface area (Å²) in [4.78, 5) is 12.7. The fourth-order valence-corrected chi connectivity index (χ4v) is 1.10. The molecule has 0 unspecified atom stereocenters. The van der Waals surface area contributed by atoms with Gasteiger partial charge in [-0.15, -0.1) is 0 Å². The zero-order chi connectivity index (χ0) is 9.61. The van der Waals surface area contributed by atoms with Crippen LogP contribution in [0.15, 0.2) is 0 Å². The van der Waals surface area contributed by atoms with E-state index in [-0.39, 0.29) is 12.0 Å². The molecule has 0 saturated carbocycles. The van der Waals surface area contributed by atoms with E-state index in [4.69, 9.17) is 5.11 Å². The second-order valence-electron chi connectivity index (χ2n) is 3.70. The first-order valence-corrected chi connectivity index (χ1v) is 4.35. The van der Waals surface area contributed by atoms with Gasteiger partial charge in [-0.3, -0.25) is 0 Å². The topological polar surface area (TPSA) is 40.5 Å². The van der Waals surface area contributed by atoms with Gasteiger partial charge >= 0.3 is 0 Å². The number of carbonyl (C=O) groups is 1. The Hall–Kier alpha value is -0.410. The summed E-state index contributed by atoms with van der Waals surface area (Å²) < 4.78 is 0. The fraction of sp³-hybridized carbons (Fsp3) is 0.889. The van der Waals surface area contributed by atoms with Crippen LogP contribution in [0.4, 0.5) is 0 Å². The van der Waals surface area contributed by atoms with Gasteiger partial charge in [0, 0.05) is 18.5 Å². The Morgan fingerprint density at radius 1 is 1.50 bits per heavy atom. The summed E-state index contributed by atoms with van der Waals surface area (Å²) in [5.41, 5.74) is -0.300. The summed E-state index contributed by atoms with van der Waals surface area (Å²) in [5, 5.41) is 8.71. The van der Waals surface area contributed by atoms with Crippen molar-refractivity contribution >= 4 is 6.29 Å². The molecule has 0 radical (unpaired) electrons. The summed E-state index contributed by atoms with van der Waals surface area (Å²) >= 11 is 0. The molecule has 0 spiro atoms. The monoisotopic (exact) mass is 173 g/mol. The lowest BCUT2D eigenvalue weighted by Crippen LogP contribution is -2.36. The van der Waals surface area contributed by atoms with Gasteiger partial charge in [-0.05, 0) is 6.54 Å². The van der Waals surface area contributed by atoms with Crippen molar-refractivity contribution in [2.45, 2.75) is 20.8 Å². The number of likely N-dealkylation sites (N-methyl/N-ethyl adjacent to an activating group) is 1. The third-order valence-electron chi connectivity index (χ3n) is 1.81. The molecule has 0 heterocycles. The van der Waals surface area contributed by atoms with Crippen LogP contribution in [-0.2, 0) is 4.79 Å². The van der Waals surface area contributed by atoms with Gasteiger partial charge in [-0.2, -0.15) is 0 Å². The summed E-state index contributed by atoms with van der Waals surface area (Å²) in [6, 6.07) is 0. The van der Waals surface area contributed by atoms with Crippen LogP contribution in [0.1, 0.15) is 20.8 Å². The van der Waals surface area contributed by atoms with Gasteiger partial charge in [-0.1, -0.05) is 20.8 Å². The SMILES string of the molecule is CCN(CCO)CC(C)(C)C=O. The van der Waals surface area contributed by atoms with Crippen molar-refractivity contribution < 1.29 is 9.90 Å². The number of aldehydes is 1. The number of carbonyl (C=O) groups excluding carboxylic acids is 1. The molecule has 1 N–H and O–H groups in total. The number of hydrogen-bond donors (Lipinski definition) is 1. The highest BCUT2D eigenvalue weighted by atomic mass is 16.3. The number of nitrogens with zero attached hydrogens (tertiary/aromatic N) is 1. The lowest BCUT2D eigenvalue weighted by atomic mass is 9.95. The average molecular weight is 173 g/mol. The Morgan fingerprint density at radius 3 is 2.42 bits per heavy atom. The predicted octanol–water partition coefficient (Wildman–Crippen LogP) is 0.526. The van der Waals surface area contributed by atoms with Gasteiger partial charge in [0.1, 0.15) is 6.29 Å². The second kappa shape index (κ2) is 5.27. The van der Waals surface area contributed by atoms with E-state index in [1.165, 1.54) is 0 Å². The molecule has 0 aliphatic heterocycles. The second-order valence-corrected chi connectivity index (χ2v) is 3.70. The van der Waals surface area contributed by atoms with Crippen LogP contribution in [0, 0.1) is 5.41 Å². The fourth-order valence-electron chi connectivity index (χ4n) is 1.10. The maximum Gasteiger partial charge on any atom is 0.126 e. The molecular formula is C9H19NO2. The molecule has 0 rings (SSSR count). The van der Waals surface area contributed by atoms with Crippen molar-refractivity contribution in [1.29, 1.82) is 0 Å². The van der Waals surface area contributed by atoms with E-state index < -0.39 is 0 Å². The van der Waals surface area contributed by atoms with E-state index in [0.29, 0.717) is 13.1 Å². The minimum Gasteiger partial charge on any atom is -0.395 e. The van der Waals surface area contributed by atoms with Gasteiger partial charge in [0.2, 0.25) is 0 Å². The molecule has 0 aromatic carbocycles. The minimum atomic E-state index is -0.300. The molecule has 0 aliphatic rings. The normalized spacial score (nSPS) is 12.1. The molecule has 0 bridgehead atoms.